The van der Waals surface area contributed by atoms with Crippen LogP contribution in [0.4, 0.5) is 5.69 Å². The van der Waals surface area contributed by atoms with Crippen LogP contribution < -0.4 is 15.2 Å². The number of aromatic nitrogens is 2. The molecule has 7 nitrogen and oxygen atoms in total. The maximum Gasteiger partial charge on any atom is 0.262 e. The molecule has 1 fully saturated rings. The number of nitrogens with zero attached hydrogens (tertiary/aromatic N) is 4. The van der Waals surface area contributed by atoms with Crippen LogP contribution >= 0.6 is 11.3 Å². The second kappa shape index (κ2) is 8.02. The van der Waals surface area contributed by atoms with Crippen molar-refractivity contribution in [2.45, 2.75) is 13.0 Å². The van der Waals surface area contributed by atoms with Crippen molar-refractivity contribution in [3.63, 3.8) is 0 Å². The number of hydrogen-bond acceptors (Lipinski definition) is 6. The monoisotopic (exact) mass is 398 g/mol. The van der Waals surface area contributed by atoms with Gasteiger partial charge in [0.2, 0.25) is 5.91 Å². The van der Waals surface area contributed by atoms with Crippen LogP contribution in [-0.2, 0) is 11.3 Å². The average Bonchev–Trinajstić information content (AvgIpc) is 3.23. The third-order valence-corrected chi connectivity index (χ3v) is 5.91. The molecule has 4 rings (SSSR count). The van der Waals surface area contributed by atoms with E-state index in [9.17, 15) is 9.59 Å². The Hall–Kier alpha value is -2.87. The van der Waals surface area contributed by atoms with E-state index in [-0.39, 0.29) is 11.5 Å². The van der Waals surface area contributed by atoms with E-state index in [1.54, 1.807) is 13.2 Å². The van der Waals surface area contributed by atoms with Gasteiger partial charge in [-0.1, -0.05) is 0 Å². The van der Waals surface area contributed by atoms with Crippen LogP contribution in [0.1, 0.15) is 6.42 Å². The quantitative estimate of drug-likeness (QED) is 0.659. The highest BCUT2D eigenvalue weighted by atomic mass is 32.1. The van der Waals surface area contributed by atoms with E-state index in [2.05, 4.69) is 9.88 Å². The Morgan fingerprint density at radius 2 is 1.89 bits per heavy atom. The lowest BCUT2D eigenvalue weighted by atomic mass is 10.2. The van der Waals surface area contributed by atoms with E-state index < -0.39 is 0 Å². The molecule has 0 aliphatic carbocycles. The zero-order valence-electron chi connectivity index (χ0n) is 15.7. The van der Waals surface area contributed by atoms with Gasteiger partial charge in [0.1, 0.15) is 10.6 Å². The molecule has 1 aliphatic heterocycles. The minimum Gasteiger partial charge on any atom is -0.497 e. The molecule has 0 unspecified atom stereocenters. The zero-order valence-corrected chi connectivity index (χ0v) is 16.5. The summed E-state index contributed by atoms with van der Waals surface area (Å²) in [4.78, 5) is 34.2. The van der Waals surface area contributed by atoms with E-state index in [1.165, 1.54) is 22.2 Å². The molecule has 8 heteroatoms. The molecule has 0 atom stereocenters. The molecule has 0 bridgehead atoms. The zero-order chi connectivity index (χ0) is 19.5. The fourth-order valence-corrected chi connectivity index (χ4v) is 4.16. The van der Waals surface area contributed by atoms with Crippen LogP contribution in [0.3, 0.4) is 0 Å². The molecule has 3 aromatic rings. The first kappa shape index (κ1) is 18.5. The molecular formula is C20H22N4O3S. The van der Waals surface area contributed by atoms with Crippen molar-refractivity contribution in [1.29, 1.82) is 0 Å². The molecule has 1 saturated heterocycles. The SMILES string of the molecule is COc1ccc(N2CCN(C(=O)CCn3cnc4sccc4c3=O)CC2)cc1. The van der Waals surface area contributed by atoms with Gasteiger partial charge >= 0.3 is 0 Å². The Labute approximate surface area is 166 Å². The van der Waals surface area contributed by atoms with Crippen LogP contribution in [0.15, 0.2) is 46.8 Å². The van der Waals surface area contributed by atoms with Gasteiger partial charge in [-0.3, -0.25) is 14.2 Å². The van der Waals surface area contributed by atoms with Gasteiger partial charge in [0.25, 0.3) is 5.56 Å². The van der Waals surface area contributed by atoms with E-state index in [0.717, 1.165) is 29.4 Å². The van der Waals surface area contributed by atoms with Crippen LogP contribution in [0.25, 0.3) is 10.2 Å². The summed E-state index contributed by atoms with van der Waals surface area (Å²) in [5.41, 5.74) is 1.05. The maximum absolute atomic E-state index is 12.6. The Morgan fingerprint density at radius 1 is 1.14 bits per heavy atom. The fraction of sp³-hybridized carbons (Fsp3) is 0.350. The number of anilines is 1. The fourth-order valence-electron chi connectivity index (χ4n) is 3.43. The topological polar surface area (TPSA) is 67.7 Å². The van der Waals surface area contributed by atoms with Crippen LogP contribution in [-0.4, -0.2) is 53.6 Å². The smallest absolute Gasteiger partial charge is 0.262 e. The molecule has 0 radical (unpaired) electrons. The number of carbonyl (C=O) groups is 1. The summed E-state index contributed by atoms with van der Waals surface area (Å²) in [6.45, 7) is 3.30. The molecule has 28 heavy (non-hydrogen) atoms. The molecular weight excluding hydrogens is 376 g/mol. The molecule has 0 saturated carbocycles. The van der Waals surface area contributed by atoms with Gasteiger partial charge in [-0.25, -0.2) is 4.98 Å². The van der Waals surface area contributed by atoms with Crippen LogP contribution in [0, 0.1) is 0 Å². The van der Waals surface area contributed by atoms with Gasteiger partial charge < -0.3 is 14.5 Å². The number of aryl methyl sites for hydroxylation is 1. The van der Waals surface area contributed by atoms with Crippen molar-refractivity contribution in [3.05, 3.63) is 52.4 Å². The predicted octanol–water partition coefficient (Wildman–Crippen LogP) is 2.21. The van der Waals surface area contributed by atoms with Crippen LogP contribution in [0.2, 0.25) is 0 Å². The summed E-state index contributed by atoms with van der Waals surface area (Å²) < 4.78 is 6.72. The largest absolute Gasteiger partial charge is 0.497 e. The first-order valence-corrected chi connectivity index (χ1v) is 10.1. The number of piperazine rings is 1. The van der Waals surface area contributed by atoms with E-state index >= 15 is 0 Å². The Bertz CT molecular complexity index is 1020. The predicted molar refractivity (Wildman–Crippen MR) is 110 cm³/mol. The lowest BCUT2D eigenvalue weighted by Crippen LogP contribution is -2.49. The highest BCUT2D eigenvalue weighted by Gasteiger charge is 2.21. The Kier molecular flexibility index (Phi) is 5.29. The molecule has 1 aliphatic rings. The number of fused-ring (bicyclic) bond motifs is 1. The maximum atomic E-state index is 12.6. The Balaban J connectivity index is 1.32. The van der Waals surface area contributed by atoms with Crippen molar-refractivity contribution in [2.75, 3.05) is 38.2 Å². The van der Waals surface area contributed by atoms with Crippen LogP contribution in [0.5, 0.6) is 5.75 Å². The van der Waals surface area contributed by atoms with E-state index in [0.29, 0.717) is 31.4 Å². The summed E-state index contributed by atoms with van der Waals surface area (Å²) in [5, 5.41) is 2.48. The van der Waals surface area contributed by atoms with Crippen molar-refractivity contribution < 1.29 is 9.53 Å². The molecule has 3 heterocycles. The van der Waals surface area contributed by atoms with Gasteiger partial charge in [-0.05, 0) is 35.7 Å². The number of ether oxygens (including phenoxy) is 1. The van der Waals surface area contributed by atoms with Gasteiger partial charge in [0.05, 0.1) is 18.8 Å². The van der Waals surface area contributed by atoms with Gasteiger partial charge in [-0.2, -0.15) is 0 Å². The Morgan fingerprint density at radius 3 is 2.61 bits per heavy atom. The number of hydrogen-bond donors (Lipinski definition) is 0. The lowest BCUT2D eigenvalue weighted by Gasteiger charge is -2.36. The molecule has 0 spiro atoms. The summed E-state index contributed by atoms with van der Waals surface area (Å²) >= 11 is 1.45. The second-order valence-corrected chi connectivity index (χ2v) is 7.59. The third kappa shape index (κ3) is 3.73. The first-order chi connectivity index (χ1) is 13.7. The standard InChI is InChI=1S/C20H22N4O3S/c1-27-16-4-2-15(3-5-16)22-9-11-23(12-10-22)18(25)6-8-24-14-21-19-17(20(24)26)7-13-28-19/h2-5,7,13-14H,6,8-12H2,1H3. The second-order valence-electron chi connectivity index (χ2n) is 6.70. The number of methoxy groups -OCH3 is 1. The van der Waals surface area contributed by atoms with Gasteiger partial charge in [-0.15, -0.1) is 11.3 Å². The van der Waals surface area contributed by atoms with E-state index in [1.807, 2.05) is 34.5 Å². The summed E-state index contributed by atoms with van der Waals surface area (Å²) in [6.07, 6.45) is 1.84. The minimum atomic E-state index is -0.0802. The molecule has 146 valence electrons. The first-order valence-electron chi connectivity index (χ1n) is 9.25. The number of thiophene rings is 1. The van der Waals surface area contributed by atoms with Gasteiger partial charge in [0, 0.05) is 44.8 Å². The highest BCUT2D eigenvalue weighted by molar-refractivity contribution is 7.16. The number of amides is 1. The van der Waals surface area contributed by atoms with Crippen molar-refractivity contribution in [3.8, 4) is 5.75 Å². The summed E-state index contributed by atoms with van der Waals surface area (Å²) in [6, 6.07) is 9.75. The van der Waals surface area contributed by atoms with Crippen molar-refractivity contribution >= 4 is 33.1 Å². The molecule has 1 amide bonds. The molecule has 1 aromatic carbocycles. The normalized spacial score (nSPS) is 14.5. The molecule has 0 N–H and O–H groups in total. The number of rotatable bonds is 5. The van der Waals surface area contributed by atoms with Crippen molar-refractivity contribution in [1.82, 2.24) is 14.5 Å². The average molecular weight is 398 g/mol. The van der Waals surface area contributed by atoms with Crippen molar-refractivity contribution in [2.24, 2.45) is 0 Å². The third-order valence-electron chi connectivity index (χ3n) is 5.09. The lowest BCUT2D eigenvalue weighted by molar-refractivity contribution is -0.131. The number of carbonyl (C=O) groups excluding carboxylic acids is 1. The number of benzene rings is 1. The minimum absolute atomic E-state index is 0.0756. The summed E-state index contributed by atoms with van der Waals surface area (Å²) in [7, 11) is 1.65. The van der Waals surface area contributed by atoms with Gasteiger partial charge in [0.15, 0.2) is 0 Å². The molecule has 2 aromatic heterocycles. The summed E-state index contributed by atoms with van der Waals surface area (Å²) in [5.74, 6) is 0.912. The highest BCUT2D eigenvalue weighted by Crippen LogP contribution is 2.20. The van der Waals surface area contributed by atoms with E-state index in [4.69, 9.17) is 4.74 Å².